The monoisotopic (exact) mass is 297 g/mol. The highest BCUT2D eigenvalue weighted by molar-refractivity contribution is 6.35. The van der Waals surface area contributed by atoms with Gasteiger partial charge in [0.15, 0.2) is 0 Å². The third-order valence-electron chi connectivity index (χ3n) is 2.63. The summed E-state index contributed by atoms with van der Waals surface area (Å²) >= 11 is 12.2. The van der Waals surface area contributed by atoms with Crippen molar-refractivity contribution in [3.05, 3.63) is 40.3 Å². The number of H-pyrrole nitrogens is 1. The van der Waals surface area contributed by atoms with Gasteiger partial charge in [-0.2, -0.15) is 0 Å². The Morgan fingerprint density at radius 2 is 2.00 bits per heavy atom. The first-order valence-electron chi connectivity index (χ1n) is 6.09. The Bertz CT molecular complexity index is 570. The molecule has 0 aliphatic carbocycles. The Morgan fingerprint density at radius 1 is 1.26 bits per heavy atom. The van der Waals surface area contributed by atoms with Gasteiger partial charge in [0.2, 0.25) is 0 Å². The highest BCUT2D eigenvalue weighted by Crippen LogP contribution is 2.29. The summed E-state index contributed by atoms with van der Waals surface area (Å²) in [6, 6.07) is 5.39. The van der Waals surface area contributed by atoms with E-state index < -0.39 is 0 Å². The molecular formula is C14H17Cl2N3. The number of rotatable bonds is 3. The van der Waals surface area contributed by atoms with E-state index in [0.717, 1.165) is 17.1 Å². The highest BCUT2D eigenvalue weighted by atomic mass is 35.5. The second-order valence-electron chi connectivity index (χ2n) is 5.47. The maximum Gasteiger partial charge on any atom is 0.120 e. The Balaban J connectivity index is 2.19. The molecule has 2 rings (SSSR count). The second-order valence-corrected chi connectivity index (χ2v) is 6.31. The molecule has 0 saturated carbocycles. The van der Waals surface area contributed by atoms with E-state index in [1.54, 1.807) is 18.3 Å². The van der Waals surface area contributed by atoms with E-state index >= 15 is 0 Å². The number of hydrogen-bond donors (Lipinski definition) is 2. The first-order chi connectivity index (χ1) is 8.85. The normalized spacial score (nSPS) is 11.8. The molecule has 0 amide bonds. The van der Waals surface area contributed by atoms with Crippen molar-refractivity contribution < 1.29 is 0 Å². The number of hydrogen-bond acceptors (Lipinski definition) is 2. The van der Waals surface area contributed by atoms with Crippen molar-refractivity contribution in [2.75, 3.05) is 0 Å². The second kappa shape index (κ2) is 5.53. The smallest absolute Gasteiger partial charge is 0.120 e. The van der Waals surface area contributed by atoms with Crippen LogP contribution in [-0.2, 0) is 6.54 Å². The Kier molecular flexibility index (Phi) is 4.19. The third kappa shape index (κ3) is 3.96. The van der Waals surface area contributed by atoms with Crippen LogP contribution >= 0.6 is 23.2 Å². The number of aromatic amines is 1. The molecule has 19 heavy (non-hydrogen) atoms. The van der Waals surface area contributed by atoms with Crippen molar-refractivity contribution >= 4 is 23.2 Å². The lowest BCUT2D eigenvalue weighted by Crippen LogP contribution is -2.35. The molecular weight excluding hydrogens is 281 g/mol. The molecule has 3 nitrogen and oxygen atoms in total. The maximum absolute atomic E-state index is 6.17. The van der Waals surface area contributed by atoms with Crippen LogP contribution in [0.15, 0.2) is 24.4 Å². The number of imidazole rings is 1. The van der Waals surface area contributed by atoms with E-state index in [0.29, 0.717) is 16.6 Å². The Labute approximate surface area is 123 Å². The van der Waals surface area contributed by atoms with Crippen LogP contribution in [0.1, 0.15) is 26.6 Å². The Morgan fingerprint density at radius 3 is 2.68 bits per heavy atom. The van der Waals surface area contributed by atoms with Crippen LogP contribution in [-0.4, -0.2) is 15.5 Å². The van der Waals surface area contributed by atoms with Crippen LogP contribution in [0, 0.1) is 0 Å². The molecule has 0 bridgehead atoms. The standard InChI is InChI=1S/C14H17Cl2N3/c1-14(2,3)18-8-13-17-7-12(19-13)10-6-9(15)4-5-11(10)16/h4-7,18H,8H2,1-3H3,(H,17,19). The summed E-state index contributed by atoms with van der Waals surface area (Å²) in [5.74, 6) is 0.876. The van der Waals surface area contributed by atoms with E-state index in [1.807, 2.05) is 6.07 Å². The summed E-state index contributed by atoms with van der Waals surface area (Å²) in [7, 11) is 0. The molecule has 0 fully saturated rings. The van der Waals surface area contributed by atoms with Gasteiger partial charge in [0.25, 0.3) is 0 Å². The van der Waals surface area contributed by atoms with Gasteiger partial charge in [0, 0.05) is 16.1 Å². The lowest BCUT2D eigenvalue weighted by Gasteiger charge is -2.19. The quantitative estimate of drug-likeness (QED) is 0.888. The zero-order chi connectivity index (χ0) is 14.0. The molecule has 0 atom stereocenters. The lowest BCUT2D eigenvalue weighted by molar-refractivity contribution is 0.418. The van der Waals surface area contributed by atoms with Crippen molar-refractivity contribution in [3.8, 4) is 11.3 Å². The van der Waals surface area contributed by atoms with Gasteiger partial charge in [-0.25, -0.2) is 4.98 Å². The topological polar surface area (TPSA) is 40.7 Å². The predicted octanol–water partition coefficient (Wildman–Crippen LogP) is 4.27. The fourth-order valence-electron chi connectivity index (χ4n) is 1.64. The number of aromatic nitrogens is 2. The number of benzene rings is 1. The van der Waals surface area contributed by atoms with E-state index in [2.05, 4.69) is 36.1 Å². The number of nitrogens with zero attached hydrogens (tertiary/aromatic N) is 1. The van der Waals surface area contributed by atoms with Crippen LogP contribution in [0.4, 0.5) is 0 Å². The minimum absolute atomic E-state index is 0.0562. The summed E-state index contributed by atoms with van der Waals surface area (Å²) in [5.41, 5.74) is 1.79. The maximum atomic E-state index is 6.17. The molecule has 1 heterocycles. The summed E-state index contributed by atoms with van der Waals surface area (Å²) < 4.78 is 0. The average Bonchev–Trinajstić information content (AvgIpc) is 2.77. The molecule has 2 aromatic rings. The molecule has 1 aromatic heterocycles. The zero-order valence-electron chi connectivity index (χ0n) is 11.2. The SMILES string of the molecule is CC(C)(C)NCc1ncc(-c2cc(Cl)ccc2Cl)[nH]1. The largest absolute Gasteiger partial charge is 0.341 e. The first-order valence-corrected chi connectivity index (χ1v) is 6.85. The van der Waals surface area contributed by atoms with Crippen molar-refractivity contribution in [3.63, 3.8) is 0 Å². The fraction of sp³-hybridized carbons (Fsp3) is 0.357. The summed E-state index contributed by atoms with van der Waals surface area (Å²) in [4.78, 5) is 7.60. The van der Waals surface area contributed by atoms with Gasteiger partial charge in [0.1, 0.15) is 5.82 Å². The molecule has 0 radical (unpaired) electrons. The molecule has 0 aliphatic rings. The van der Waals surface area contributed by atoms with Gasteiger partial charge in [-0.1, -0.05) is 23.2 Å². The predicted molar refractivity (Wildman–Crippen MR) is 80.6 cm³/mol. The highest BCUT2D eigenvalue weighted by Gasteiger charge is 2.11. The Hall–Kier alpha value is -1.03. The van der Waals surface area contributed by atoms with Gasteiger partial charge in [-0.3, -0.25) is 0 Å². The zero-order valence-corrected chi connectivity index (χ0v) is 12.7. The molecule has 102 valence electrons. The molecule has 0 unspecified atom stereocenters. The molecule has 0 spiro atoms. The first kappa shape index (κ1) is 14.4. The van der Waals surface area contributed by atoms with Gasteiger partial charge in [0.05, 0.1) is 23.5 Å². The third-order valence-corrected chi connectivity index (χ3v) is 3.20. The molecule has 0 saturated heterocycles. The van der Waals surface area contributed by atoms with Crippen molar-refractivity contribution in [1.82, 2.24) is 15.3 Å². The van der Waals surface area contributed by atoms with E-state index in [9.17, 15) is 0 Å². The van der Waals surface area contributed by atoms with Crippen LogP contribution in [0.3, 0.4) is 0 Å². The van der Waals surface area contributed by atoms with Crippen molar-refractivity contribution in [2.45, 2.75) is 32.9 Å². The minimum atomic E-state index is 0.0562. The van der Waals surface area contributed by atoms with Gasteiger partial charge < -0.3 is 10.3 Å². The minimum Gasteiger partial charge on any atom is -0.341 e. The molecule has 1 aromatic carbocycles. The average molecular weight is 298 g/mol. The fourth-order valence-corrected chi connectivity index (χ4v) is 2.03. The van der Waals surface area contributed by atoms with E-state index in [1.165, 1.54) is 0 Å². The summed E-state index contributed by atoms with van der Waals surface area (Å²) in [6.07, 6.45) is 1.78. The summed E-state index contributed by atoms with van der Waals surface area (Å²) in [5, 5.41) is 4.69. The lowest BCUT2D eigenvalue weighted by atomic mass is 10.1. The molecule has 2 N–H and O–H groups in total. The van der Waals surface area contributed by atoms with Crippen molar-refractivity contribution in [1.29, 1.82) is 0 Å². The van der Waals surface area contributed by atoms with Crippen LogP contribution in [0.25, 0.3) is 11.3 Å². The van der Waals surface area contributed by atoms with Crippen molar-refractivity contribution in [2.24, 2.45) is 0 Å². The van der Waals surface area contributed by atoms with Crippen LogP contribution in [0.2, 0.25) is 10.0 Å². The van der Waals surface area contributed by atoms with Gasteiger partial charge in [-0.15, -0.1) is 0 Å². The van der Waals surface area contributed by atoms with E-state index in [-0.39, 0.29) is 5.54 Å². The number of halogens is 2. The van der Waals surface area contributed by atoms with Gasteiger partial charge in [-0.05, 0) is 39.0 Å². The van der Waals surface area contributed by atoms with E-state index in [4.69, 9.17) is 23.2 Å². The molecule has 5 heteroatoms. The van der Waals surface area contributed by atoms with Gasteiger partial charge >= 0.3 is 0 Å². The van der Waals surface area contributed by atoms with Crippen LogP contribution in [0.5, 0.6) is 0 Å². The number of nitrogens with one attached hydrogen (secondary N) is 2. The molecule has 0 aliphatic heterocycles. The van der Waals surface area contributed by atoms with Crippen LogP contribution < -0.4 is 5.32 Å². The summed E-state index contributed by atoms with van der Waals surface area (Å²) in [6.45, 7) is 7.03.